The topological polar surface area (TPSA) is 65.9 Å². The lowest BCUT2D eigenvalue weighted by atomic mass is 10.1. The number of rotatable bonds is 4. The average molecular weight is 286 g/mol. The molecule has 21 heavy (non-hydrogen) atoms. The van der Waals surface area contributed by atoms with Crippen molar-refractivity contribution < 1.29 is 9.59 Å². The molecule has 2 amide bonds. The molecule has 1 aromatic heterocycles. The van der Waals surface area contributed by atoms with Crippen LogP contribution in [0.15, 0.2) is 29.6 Å². The molecule has 110 valence electrons. The molecule has 0 spiro atoms. The van der Waals surface area contributed by atoms with Crippen LogP contribution < -0.4 is 0 Å². The van der Waals surface area contributed by atoms with Crippen LogP contribution >= 0.6 is 0 Å². The summed E-state index contributed by atoms with van der Waals surface area (Å²) in [7, 11) is 1.60. The normalized spacial score (nSPS) is 18.4. The summed E-state index contributed by atoms with van der Waals surface area (Å²) in [5.41, 5.74) is 1.55. The fourth-order valence-electron chi connectivity index (χ4n) is 2.43. The third kappa shape index (κ3) is 3.09. The van der Waals surface area contributed by atoms with Crippen LogP contribution in [0.25, 0.3) is 0 Å². The molecule has 0 aromatic carbocycles. The number of aromatic nitrogens is 1. The van der Waals surface area contributed by atoms with Gasteiger partial charge >= 0.3 is 0 Å². The fourth-order valence-corrected chi connectivity index (χ4v) is 2.43. The van der Waals surface area contributed by atoms with Gasteiger partial charge in [-0.25, -0.2) is 5.01 Å². The van der Waals surface area contributed by atoms with E-state index in [1.165, 1.54) is 5.01 Å². The summed E-state index contributed by atoms with van der Waals surface area (Å²) >= 11 is 0. The van der Waals surface area contributed by atoms with Crippen molar-refractivity contribution in [2.45, 2.75) is 38.3 Å². The van der Waals surface area contributed by atoms with Gasteiger partial charge in [0.25, 0.3) is 5.91 Å². The van der Waals surface area contributed by atoms with Gasteiger partial charge in [-0.05, 0) is 30.5 Å². The summed E-state index contributed by atoms with van der Waals surface area (Å²) in [5, 5.41) is 5.40. The van der Waals surface area contributed by atoms with Crippen LogP contribution in [0.3, 0.4) is 0 Å². The van der Waals surface area contributed by atoms with Crippen LogP contribution in [0.4, 0.5) is 0 Å². The Balaban J connectivity index is 1.76. The number of hydrogen-bond acceptors (Lipinski definition) is 4. The van der Waals surface area contributed by atoms with Crippen molar-refractivity contribution in [3.63, 3.8) is 0 Å². The number of amides is 2. The van der Waals surface area contributed by atoms with Crippen molar-refractivity contribution in [2.75, 3.05) is 7.05 Å². The lowest BCUT2D eigenvalue weighted by Gasteiger charge is -2.26. The Kier molecular flexibility index (Phi) is 3.68. The molecule has 0 radical (unpaired) electrons. The highest BCUT2D eigenvalue weighted by Crippen LogP contribution is 2.29. The Bertz CT molecular complexity index is 581. The molecule has 1 fully saturated rings. The maximum atomic E-state index is 12.7. The van der Waals surface area contributed by atoms with Gasteiger partial charge in [-0.2, -0.15) is 5.10 Å². The second-order valence-electron chi connectivity index (χ2n) is 5.48. The van der Waals surface area contributed by atoms with Crippen LogP contribution in [-0.2, 0) is 16.1 Å². The molecule has 2 heterocycles. The molecule has 0 saturated heterocycles. The van der Waals surface area contributed by atoms with Crippen LogP contribution in [-0.4, -0.2) is 45.5 Å². The Morgan fingerprint density at radius 1 is 1.33 bits per heavy atom. The van der Waals surface area contributed by atoms with E-state index in [1.54, 1.807) is 19.4 Å². The number of carbonyl (C=O) groups excluding carboxylic acids is 2. The second-order valence-corrected chi connectivity index (χ2v) is 5.48. The van der Waals surface area contributed by atoms with Crippen LogP contribution in [0.2, 0.25) is 0 Å². The van der Waals surface area contributed by atoms with Crippen molar-refractivity contribution >= 4 is 17.5 Å². The Labute approximate surface area is 123 Å². The summed E-state index contributed by atoms with van der Waals surface area (Å²) in [5.74, 6) is -0.0904. The number of nitrogens with zero attached hydrogens (tertiary/aromatic N) is 4. The molecule has 6 heteroatoms. The van der Waals surface area contributed by atoms with Crippen LogP contribution in [0.5, 0.6) is 0 Å². The molecule has 1 aliphatic carbocycles. The van der Waals surface area contributed by atoms with Gasteiger partial charge in [-0.15, -0.1) is 0 Å². The molecule has 2 aliphatic rings. The summed E-state index contributed by atoms with van der Waals surface area (Å²) in [6, 6.07) is 4.14. The Morgan fingerprint density at radius 3 is 2.67 bits per heavy atom. The monoisotopic (exact) mass is 286 g/mol. The largest absolute Gasteiger partial charge is 0.330 e. The Morgan fingerprint density at radius 2 is 2.05 bits per heavy atom. The first kappa shape index (κ1) is 13.7. The SMILES string of the molecule is CN1N=C(C(=O)N(Cc2ccncc2)C2CC2)CCC1=O. The molecular formula is C15H18N4O2. The van der Waals surface area contributed by atoms with Crippen molar-refractivity contribution in [3.05, 3.63) is 30.1 Å². The molecular weight excluding hydrogens is 268 g/mol. The lowest BCUT2D eigenvalue weighted by Crippen LogP contribution is -2.41. The number of hydrazone groups is 1. The quantitative estimate of drug-likeness (QED) is 0.835. The number of hydrogen-bond donors (Lipinski definition) is 0. The minimum Gasteiger partial charge on any atom is -0.330 e. The molecule has 0 N–H and O–H groups in total. The average Bonchev–Trinajstić information content (AvgIpc) is 3.33. The molecule has 0 unspecified atom stereocenters. The highest BCUT2D eigenvalue weighted by Gasteiger charge is 2.35. The first-order chi connectivity index (χ1) is 10.1. The van der Waals surface area contributed by atoms with Gasteiger partial charge in [0.2, 0.25) is 5.91 Å². The minimum absolute atomic E-state index is 0.0429. The van der Waals surface area contributed by atoms with E-state index in [0.717, 1.165) is 18.4 Å². The predicted octanol–water partition coefficient (Wildman–Crippen LogP) is 1.18. The molecule has 1 aromatic rings. The zero-order valence-electron chi connectivity index (χ0n) is 12.0. The van der Waals surface area contributed by atoms with Gasteiger partial charge in [0.05, 0.1) is 0 Å². The zero-order valence-corrected chi connectivity index (χ0v) is 12.0. The molecule has 0 bridgehead atoms. The Hall–Kier alpha value is -2.24. The fraction of sp³-hybridized carbons (Fsp3) is 0.467. The molecule has 1 aliphatic heterocycles. The standard InChI is InChI=1S/C15H18N4O2/c1-18-14(20)5-4-13(17-18)15(21)19(12-2-3-12)10-11-6-8-16-9-7-11/h6-9,12H,2-5,10H2,1H3. The smallest absolute Gasteiger partial charge is 0.270 e. The van der Waals surface area contributed by atoms with E-state index < -0.39 is 0 Å². The van der Waals surface area contributed by atoms with Crippen LogP contribution in [0, 0.1) is 0 Å². The maximum absolute atomic E-state index is 12.7. The second kappa shape index (κ2) is 5.63. The van der Waals surface area contributed by atoms with E-state index >= 15 is 0 Å². The van der Waals surface area contributed by atoms with E-state index in [4.69, 9.17) is 0 Å². The first-order valence-corrected chi connectivity index (χ1v) is 7.19. The molecule has 3 rings (SSSR count). The third-order valence-electron chi connectivity index (χ3n) is 3.80. The van der Waals surface area contributed by atoms with E-state index in [1.807, 2.05) is 17.0 Å². The van der Waals surface area contributed by atoms with Gasteiger partial charge in [0.15, 0.2) is 0 Å². The van der Waals surface area contributed by atoms with E-state index in [0.29, 0.717) is 31.1 Å². The van der Waals surface area contributed by atoms with Crippen molar-refractivity contribution in [1.29, 1.82) is 0 Å². The molecule has 6 nitrogen and oxygen atoms in total. The van der Waals surface area contributed by atoms with Crippen molar-refractivity contribution in [2.24, 2.45) is 5.10 Å². The minimum atomic E-state index is -0.0475. The van der Waals surface area contributed by atoms with Crippen molar-refractivity contribution in [3.8, 4) is 0 Å². The zero-order chi connectivity index (χ0) is 14.8. The van der Waals surface area contributed by atoms with Gasteiger partial charge in [0.1, 0.15) is 5.71 Å². The van der Waals surface area contributed by atoms with Gasteiger partial charge in [0, 0.05) is 44.9 Å². The van der Waals surface area contributed by atoms with Gasteiger partial charge in [-0.3, -0.25) is 14.6 Å². The van der Waals surface area contributed by atoms with Crippen LogP contribution in [0.1, 0.15) is 31.2 Å². The van der Waals surface area contributed by atoms with Crippen molar-refractivity contribution in [1.82, 2.24) is 14.9 Å². The number of pyridine rings is 1. The van der Waals surface area contributed by atoms with Gasteiger partial charge < -0.3 is 4.90 Å². The van der Waals surface area contributed by atoms with E-state index in [-0.39, 0.29) is 11.8 Å². The summed E-state index contributed by atoms with van der Waals surface area (Å²) < 4.78 is 0. The number of carbonyl (C=O) groups is 2. The summed E-state index contributed by atoms with van der Waals surface area (Å²) in [6.07, 6.45) is 6.33. The first-order valence-electron chi connectivity index (χ1n) is 7.19. The summed E-state index contributed by atoms with van der Waals surface area (Å²) in [6.45, 7) is 0.572. The van der Waals surface area contributed by atoms with Gasteiger partial charge in [-0.1, -0.05) is 0 Å². The van der Waals surface area contributed by atoms with E-state index in [2.05, 4.69) is 10.1 Å². The predicted molar refractivity (Wildman–Crippen MR) is 77.2 cm³/mol. The van der Waals surface area contributed by atoms with E-state index in [9.17, 15) is 9.59 Å². The molecule has 1 saturated carbocycles. The highest BCUT2D eigenvalue weighted by atomic mass is 16.2. The lowest BCUT2D eigenvalue weighted by molar-refractivity contribution is -0.130. The summed E-state index contributed by atoms with van der Waals surface area (Å²) in [4.78, 5) is 30.0. The maximum Gasteiger partial charge on any atom is 0.270 e. The molecule has 0 atom stereocenters. The third-order valence-corrected chi connectivity index (χ3v) is 3.80. The highest BCUT2D eigenvalue weighted by molar-refractivity contribution is 6.39.